The maximum Gasteiger partial charge on any atom is 0.266 e. The second-order valence-corrected chi connectivity index (χ2v) is 10.1. The van der Waals surface area contributed by atoms with E-state index in [0.29, 0.717) is 30.0 Å². The molecule has 1 aliphatic heterocycles. The molecule has 32 heavy (non-hydrogen) atoms. The summed E-state index contributed by atoms with van der Waals surface area (Å²) in [4.78, 5) is 4.37. The summed E-state index contributed by atoms with van der Waals surface area (Å²) in [6.07, 6.45) is 3.39. The van der Waals surface area contributed by atoms with E-state index in [1.807, 2.05) is 31.4 Å². The monoisotopic (exact) mass is 485 g/mol. The fourth-order valence-corrected chi connectivity index (χ4v) is 4.92. The Morgan fingerprint density at radius 3 is 2.53 bits per heavy atom. The van der Waals surface area contributed by atoms with Crippen molar-refractivity contribution in [1.29, 1.82) is 0 Å². The minimum atomic E-state index is -1.45. The van der Waals surface area contributed by atoms with E-state index in [0.717, 1.165) is 18.5 Å². The summed E-state index contributed by atoms with van der Waals surface area (Å²) in [5.74, 6) is 1.03. The van der Waals surface area contributed by atoms with Gasteiger partial charge in [0.1, 0.15) is 11.4 Å². The highest BCUT2D eigenvalue weighted by atomic mass is 35.5. The summed E-state index contributed by atoms with van der Waals surface area (Å²) in [6, 6.07) is 3.45. The van der Waals surface area contributed by atoms with E-state index in [1.165, 1.54) is 0 Å². The van der Waals surface area contributed by atoms with Gasteiger partial charge in [0, 0.05) is 32.0 Å². The van der Waals surface area contributed by atoms with Gasteiger partial charge in [-0.3, -0.25) is 9.55 Å². The fraction of sp³-hybridized carbons (Fsp3) is 0.667. The molecule has 1 saturated heterocycles. The molecule has 1 aliphatic rings. The predicted octanol–water partition coefficient (Wildman–Crippen LogP) is 3.67. The quantitative estimate of drug-likeness (QED) is 0.480. The van der Waals surface area contributed by atoms with Crippen LogP contribution in [0.4, 0.5) is 5.95 Å². The highest BCUT2D eigenvalue weighted by Gasteiger charge is 2.34. The molecule has 11 heteroatoms. The number of hydrogen-bond acceptors (Lipinski definition) is 8. The van der Waals surface area contributed by atoms with E-state index < -0.39 is 11.4 Å². The summed E-state index contributed by atoms with van der Waals surface area (Å²) < 4.78 is 35.1. The first-order valence-electron chi connectivity index (χ1n) is 10.7. The number of pyridine rings is 1. The second kappa shape index (κ2) is 11.6. The summed E-state index contributed by atoms with van der Waals surface area (Å²) in [6.45, 7) is 6.73. The zero-order chi connectivity index (χ0) is 23.3. The Morgan fingerprint density at radius 2 is 1.97 bits per heavy atom. The zero-order valence-corrected chi connectivity index (χ0v) is 20.7. The molecule has 0 amide bonds. The number of nitrogens with one attached hydrogen (secondary N) is 1. The number of ether oxygens (including phenoxy) is 3. The van der Waals surface area contributed by atoms with Gasteiger partial charge in [-0.25, -0.2) is 0 Å². The molecule has 0 spiro atoms. The molecule has 1 fully saturated rings. The van der Waals surface area contributed by atoms with E-state index in [1.54, 1.807) is 26.5 Å². The van der Waals surface area contributed by atoms with Gasteiger partial charge in [-0.15, -0.1) is 10.2 Å². The summed E-state index contributed by atoms with van der Waals surface area (Å²) in [5.41, 5.74) is 0.823. The molecule has 178 valence electrons. The van der Waals surface area contributed by atoms with Gasteiger partial charge in [-0.05, 0) is 38.8 Å². The lowest BCUT2D eigenvalue weighted by molar-refractivity contribution is 0.0406. The van der Waals surface area contributed by atoms with Crippen LogP contribution in [0.3, 0.4) is 0 Å². The number of anilines is 1. The summed E-state index contributed by atoms with van der Waals surface area (Å²) >= 11 is 4.50. The summed E-state index contributed by atoms with van der Waals surface area (Å²) in [5, 5.41) is 9.04. The van der Waals surface area contributed by atoms with E-state index >= 15 is 0 Å². The van der Waals surface area contributed by atoms with E-state index in [-0.39, 0.29) is 29.4 Å². The summed E-state index contributed by atoms with van der Waals surface area (Å²) in [7, 11) is 3.27. The number of methoxy groups -OCH3 is 2. The Kier molecular flexibility index (Phi) is 9.15. The van der Waals surface area contributed by atoms with Gasteiger partial charge in [0.15, 0.2) is 5.82 Å². The first kappa shape index (κ1) is 25.2. The Morgan fingerprint density at radius 1 is 1.25 bits per heavy atom. The van der Waals surface area contributed by atoms with Crippen LogP contribution in [0, 0.1) is 0 Å². The first-order valence-corrected chi connectivity index (χ1v) is 12.3. The highest BCUT2D eigenvalue weighted by Crippen LogP contribution is 2.35. The molecule has 1 N–H and O–H groups in total. The van der Waals surface area contributed by atoms with Crippen LogP contribution in [-0.2, 0) is 25.6 Å². The van der Waals surface area contributed by atoms with E-state index in [4.69, 9.17) is 25.8 Å². The molecule has 0 aromatic carbocycles. The van der Waals surface area contributed by atoms with Crippen LogP contribution in [0.15, 0.2) is 18.3 Å². The Balaban J connectivity index is 1.83. The van der Waals surface area contributed by atoms with Crippen molar-refractivity contribution in [3.8, 4) is 0 Å². The first-order chi connectivity index (χ1) is 15.3. The molecular weight excluding hydrogens is 454 g/mol. The van der Waals surface area contributed by atoms with Crippen LogP contribution < -0.4 is 4.72 Å². The van der Waals surface area contributed by atoms with Crippen molar-refractivity contribution in [2.45, 2.75) is 63.0 Å². The molecule has 5 unspecified atom stereocenters. The molecule has 0 saturated carbocycles. The van der Waals surface area contributed by atoms with Gasteiger partial charge in [-0.1, -0.05) is 18.5 Å². The Labute approximate surface area is 197 Å². The molecule has 0 bridgehead atoms. The minimum absolute atomic E-state index is 0.0656. The smallest absolute Gasteiger partial charge is 0.266 e. The van der Waals surface area contributed by atoms with E-state index in [9.17, 15) is 4.55 Å². The highest BCUT2D eigenvalue weighted by molar-refractivity contribution is 7.93. The maximum atomic E-state index is 13.2. The largest absolute Gasteiger partial charge is 0.593 e. The topological polar surface area (TPSA) is 106 Å². The predicted molar refractivity (Wildman–Crippen MR) is 124 cm³/mol. The van der Waals surface area contributed by atoms with Gasteiger partial charge in [-0.2, -0.15) is 4.72 Å². The molecule has 2 aromatic rings. The van der Waals surface area contributed by atoms with Crippen molar-refractivity contribution in [3.63, 3.8) is 0 Å². The van der Waals surface area contributed by atoms with Crippen LogP contribution in [-0.4, -0.2) is 63.1 Å². The number of rotatable bonds is 11. The minimum Gasteiger partial charge on any atom is -0.593 e. The van der Waals surface area contributed by atoms with Crippen LogP contribution in [0.2, 0.25) is 5.02 Å². The molecule has 0 aliphatic carbocycles. The lowest BCUT2D eigenvalue weighted by atomic mass is 10.0. The SMILES string of the molecule is COCC(COC)n1c(N[S+]([O-])C(C)C(C)c2ccc(Cl)cn2)nnc1C1CCC(C)O1. The van der Waals surface area contributed by atoms with Gasteiger partial charge < -0.3 is 18.8 Å². The van der Waals surface area contributed by atoms with Crippen molar-refractivity contribution in [2.75, 3.05) is 32.2 Å². The number of aromatic nitrogens is 4. The average molecular weight is 486 g/mol. The number of nitrogens with zero attached hydrogens (tertiary/aromatic N) is 4. The van der Waals surface area contributed by atoms with Crippen LogP contribution in [0.5, 0.6) is 0 Å². The lowest BCUT2D eigenvalue weighted by Crippen LogP contribution is -2.32. The third kappa shape index (κ3) is 5.92. The number of hydrogen-bond donors (Lipinski definition) is 1. The van der Waals surface area contributed by atoms with Gasteiger partial charge in [0.25, 0.3) is 5.95 Å². The van der Waals surface area contributed by atoms with Crippen molar-refractivity contribution >= 4 is 28.9 Å². The Bertz CT molecular complexity index is 849. The molecule has 3 heterocycles. The van der Waals surface area contributed by atoms with Crippen molar-refractivity contribution in [1.82, 2.24) is 19.7 Å². The van der Waals surface area contributed by atoms with Crippen LogP contribution >= 0.6 is 11.6 Å². The third-order valence-corrected chi connectivity index (χ3v) is 7.47. The average Bonchev–Trinajstić information content (AvgIpc) is 3.39. The van der Waals surface area contributed by atoms with Crippen molar-refractivity contribution < 1.29 is 18.8 Å². The lowest BCUT2D eigenvalue weighted by Gasteiger charge is -2.25. The molecule has 0 radical (unpaired) electrons. The molecule has 2 aromatic heterocycles. The molecule has 5 atom stereocenters. The number of halogens is 1. The molecule has 9 nitrogen and oxygen atoms in total. The second-order valence-electron chi connectivity index (χ2n) is 8.12. The van der Waals surface area contributed by atoms with Gasteiger partial charge in [0.05, 0.1) is 41.7 Å². The standard InChI is InChI=1S/C21H32ClN5O4S/c1-13-6-9-19(31-13)20-24-25-21(27(20)17(11-29-4)12-30-5)26-32(28)15(3)14(2)18-8-7-16(22)10-23-18/h7-8,10,13-15,17,19H,6,9,11-12H2,1-5H3,(H,25,26). The Hall–Kier alpha value is -1.43. The normalized spacial score (nSPS) is 21.6. The third-order valence-electron chi connectivity index (χ3n) is 5.78. The fourth-order valence-electron chi connectivity index (χ4n) is 3.79. The molecule has 3 rings (SSSR count). The van der Waals surface area contributed by atoms with E-state index in [2.05, 4.69) is 19.9 Å². The van der Waals surface area contributed by atoms with Crippen molar-refractivity contribution in [2.24, 2.45) is 0 Å². The van der Waals surface area contributed by atoms with Crippen molar-refractivity contribution in [3.05, 3.63) is 34.9 Å². The zero-order valence-electron chi connectivity index (χ0n) is 19.2. The van der Waals surface area contributed by atoms with Gasteiger partial charge in [0.2, 0.25) is 0 Å². The maximum absolute atomic E-state index is 13.2. The van der Waals surface area contributed by atoms with Gasteiger partial charge >= 0.3 is 0 Å². The molecular formula is C21H32ClN5O4S. The van der Waals surface area contributed by atoms with Crippen LogP contribution in [0.25, 0.3) is 0 Å². The van der Waals surface area contributed by atoms with Crippen LogP contribution in [0.1, 0.15) is 63.2 Å².